The molecule has 0 saturated heterocycles. The van der Waals surface area contributed by atoms with E-state index in [1.54, 1.807) is 7.11 Å². The standard InChI is InChI=1S/C25H21N5O3/c1-31-17-8-6-16(7-9-17)12-29-13-25(19-4-2-3-5-21(19)29)14-30-24(26-27-28-30)18-10-22-23(11-20(18)25)33-15-32-22/h2-11H,12-15H2,1H3. The molecule has 3 aromatic carbocycles. The average Bonchev–Trinajstić information content (AvgIpc) is 3.58. The minimum Gasteiger partial charge on any atom is -0.497 e. The molecule has 4 aromatic rings. The van der Waals surface area contributed by atoms with Crippen molar-refractivity contribution in [2.24, 2.45) is 0 Å². The van der Waals surface area contributed by atoms with Crippen molar-refractivity contribution in [3.8, 4) is 28.6 Å². The molecular weight excluding hydrogens is 418 g/mol. The highest BCUT2D eigenvalue weighted by Gasteiger charge is 2.49. The monoisotopic (exact) mass is 439 g/mol. The fourth-order valence-electron chi connectivity index (χ4n) is 5.48. The van der Waals surface area contributed by atoms with Gasteiger partial charge in [-0.15, -0.1) is 5.10 Å². The Hall–Kier alpha value is -4.07. The van der Waals surface area contributed by atoms with Gasteiger partial charge in [-0.1, -0.05) is 30.3 Å². The average molecular weight is 439 g/mol. The van der Waals surface area contributed by atoms with Crippen molar-refractivity contribution in [2.45, 2.75) is 18.5 Å². The van der Waals surface area contributed by atoms with Crippen molar-refractivity contribution in [3.63, 3.8) is 0 Å². The van der Waals surface area contributed by atoms with Crippen LogP contribution in [0.15, 0.2) is 60.7 Å². The van der Waals surface area contributed by atoms with Crippen molar-refractivity contribution in [3.05, 3.63) is 77.4 Å². The summed E-state index contributed by atoms with van der Waals surface area (Å²) in [6.45, 7) is 2.50. The Bertz CT molecular complexity index is 1380. The molecule has 1 aromatic heterocycles. The third-order valence-corrected chi connectivity index (χ3v) is 6.97. The number of rotatable bonds is 3. The molecule has 3 aliphatic rings. The summed E-state index contributed by atoms with van der Waals surface area (Å²) in [6.07, 6.45) is 0. The molecule has 3 aliphatic heterocycles. The minimum absolute atomic E-state index is 0.232. The Kier molecular flexibility index (Phi) is 3.76. The lowest BCUT2D eigenvalue weighted by Crippen LogP contribution is -2.41. The van der Waals surface area contributed by atoms with Gasteiger partial charge in [0.25, 0.3) is 0 Å². The van der Waals surface area contributed by atoms with E-state index in [2.05, 4.69) is 62.9 Å². The van der Waals surface area contributed by atoms with Crippen molar-refractivity contribution in [1.82, 2.24) is 20.2 Å². The van der Waals surface area contributed by atoms with Gasteiger partial charge in [0.2, 0.25) is 6.79 Å². The number of ether oxygens (including phenoxy) is 3. The topological polar surface area (TPSA) is 74.5 Å². The van der Waals surface area contributed by atoms with Gasteiger partial charge in [-0.25, -0.2) is 4.68 Å². The summed E-state index contributed by atoms with van der Waals surface area (Å²) in [4.78, 5) is 2.45. The number of fused-ring (bicyclic) bond motifs is 7. The Balaban J connectivity index is 1.38. The summed E-state index contributed by atoms with van der Waals surface area (Å²) in [5, 5.41) is 12.6. The van der Waals surface area contributed by atoms with Crippen LogP contribution in [0.2, 0.25) is 0 Å². The molecule has 4 heterocycles. The molecule has 0 bridgehead atoms. The zero-order chi connectivity index (χ0) is 22.0. The lowest BCUT2D eigenvalue weighted by molar-refractivity contribution is 0.174. The maximum atomic E-state index is 5.76. The van der Waals surface area contributed by atoms with Gasteiger partial charge in [-0.3, -0.25) is 0 Å². The van der Waals surface area contributed by atoms with Gasteiger partial charge in [0.1, 0.15) is 5.75 Å². The molecule has 0 radical (unpaired) electrons. The van der Waals surface area contributed by atoms with Gasteiger partial charge in [0, 0.05) is 24.3 Å². The molecule has 1 atom stereocenters. The number of hydrogen-bond donors (Lipinski definition) is 0. The summed E-state index contributed by atoms with van der Waals surface area (Å²) < 4.78 is 18.7. The van der Waals surface area contributed by atoms with Crippen LogP contribution in [-0.2, 0) is 18.5 Å². The first-order valence-corrected chi connectivity index (χ1v) is 10.9. The molecule has 0 N–H and O–H groups in total. The van der Waals surface area contributed by atoms with Crippen LogP contribution >= 0.6 is 0 Å². The van der Waals surface area contributed by atoms with Crippen LogP contribution in [0.3, 0.4) is 0 Å². The molecule has 164 valence electrons. The van der Waals surface area contributed by atoms with Crippen molar-refractivity contribution in [2.75, 3.05) is 25.3 Å². The molecular formula is C25H21N5O3. The highest BCUT2D eigenvalue weighted by molar-refractivity contribution is 5.76. The third kappa shape index (κ3) is 2.60. The van der Waals surface area contributed by atoms with E-state index in [4.69, 9.17) is 14.2 Å². The van der Waals surface area contributed by atoms with Crippen LogP contribution in [0, 0.1) is 0 Å². The Morgan fingerprint density at radius 2 is 1.79 bits per heavy atom. The predicted molar refractivity (Wildman–Crippen MR) is 121 cm³/mol. The number of aromatic nitrogens is 4. The summed E-state index contributed by atoms with van der Waals surface area (Å²) in [7, 11) is 1.69. The second kappa shape index (κ2) is 6.71. The molecule has 0 fully saturated rings. The zero-order valence-electron chi connectivity index (χ0n) is 18.1. The normalized spacial score (nSPS) is 19.4. The third-order valence-electron chi connectivity index (χ3n) is 6.97. The van der Waals surface area contributed by atoms with Crippen LogP contribution in [0.1, 0.15) is 16.7 Å². The maximum absolute atomic E-state index is 5.76. The predicted octanol–water partition coefficient (Wildman–Crippen LogP) is 3.40. The van der Waals surface area contributed by atoms with E-state index < -0.39 is 0 Å². The number of benzene rings is 3. The summed E-state index contributed by atoms with van der Waals surface area (Å²) in [6, 6.07) is 21.1. The second-order valence-electron chi connectivity index (χ2n) is 8.71. The molecule has 33 heavy (non-hydrogen) atoms. The fraction of sp³-hybridized carbons (Fsp3) is 0.240. The Labute approximate surface area is 190 Å². The molecule has 1 unspecified atom stereocenters. The molecule has 8 heteroatoms. The number of hydrogen-bond acceptors (Lipinski definition) is 7. The van der Waals surface area contributed by atoms with Crippen LogP contribution in [0.25, 0.3) is 11.4 Å². The van der Waals surface area contributed by atoms with E-state index in [9.17, 15) is 0 Å². The lowest BCUT2D eigenvalue weighted by Gasteiger charge is -2.36. The van der Waals surface area contributed by atoms with E-state index in [-0.39, 0.29) is 12.2 Å². The van der Waals surface area contributed by atoms with Crippen LogP contribution < -0.4 is 19.1 Å². The van der Waals surface area contributed by atoms with E-state index in [1.165, 1.54) is 22.4 Å². The van der Waals surface area contributed by atoms with Crippen molar-refractivity contribution in [1.29, 1.82) is 0 Å². The first-order valence-electron chi connectivity index (χ1n) is 10.9. The zero-order valence-corrected chi connectivity index (χ0v) is 18.1. The highest BCUT2D eigenvalue weighted by atomic mass is 16.7. The van der Waals surface area contributed by atoms with Gasteiger partial charge in [-0.2, -0.15) is 0 Å². The second-order valence-corrected chi connectivity index (χ2v) is 8.71. The van der Waals surface area contributed by atoms with E-state index in [1.807, 2.05) is 22.9 Å². The molecule has 0 aliphatic carbocycles. The van der Waals surface area contributed by atoms with Gasteiger partial charge < -0.3 is 19.1 Å². The Morgan fingerprint density at radius 1 is 0.970 bits per heavy atom. The molecule has 0 amide bonds. The fourth-order valence-corrected chi connectivity index (χ4v) is 5.48. The van der Waals surface area contributed by atoms with E-state index in [0.717, 1.165) is 41.7 Å². The van der Waals surface area contributed by atoms with E-state index in [0.29, 0.717) is 6.54 Å². The first kappa shape index (κ1) is 18.5. The van der Waals surface area contributed by atoms with Gasteiger partial charge >= 0.3 is 0 Å². The van der Waals surface area contributed by atoms with Crippen LogP contribution in [0.4, 0.5) is 5.69 Å². The minimum atomic E-state index is -0.304. The molecule has 7 rings (SSSR count). The van der Waals surface area contributed by atoms with Gasteiger partial charge in [0.15, 0.2) is 17.3 Å². The van der Waals surface area contributed by atoms with Crippen LogP contribution in [0.5, 0.6) is 17.2 Å². The number of nitrogens with zero attached hydrogens (tertiary/aromatic N) is 5. The number of para-hydroxylation sites is 1. The SMILES string of the molecule is COc1ccc(CN2CC3(Cn4nnnc4-c4cc5c(cc43)OCO5)c3ccccc32)cc1. The van der Waals surface area contributed by atoms with E-state index >= 15 is 0 Å². The highest BCUT2D eigenvalue weighted by Crippen LogP contribution is 2.53. The summed E-state index contributed by atoms with van der Waals surface area (Å²) >= 11 is 0. The molecule has 8 nitrogen and oxygen atoms in total. The van der Waals surface area contributed by atoms with Crippen molar-refractivity contribution >= 4 is 5.69 Å². The summed E-state index contributed by atoms with van der Waals surface area (Å²) in [5.41, 5.74) is 5.61. The number of anilines is 1. The Morgan fingerprint density at radius 3 is 2.64 bits per heavy atom. The quantitative estimate of drug-likeness (QED) is 0.484. The maximum Gasteiger partial charge on any atom is 0.231 e. The smallest absolute Gasteiger partial charge is 0.231 e. The van der Waals surface area contributed by atoms with Crippen molar-refractivity contribution < 1.29 is 14.2 Å². The largest absolute Gasteiger partial charge is 0.497 e. The van der Waals surface area contributed by atoms with Gasteiger partial charge in [-0.05, 0) is 57.4 Å². The number of methoxy groups -OCH3 is 1. The molecule has 1 spiro atoms. The van der Waals surface area contributed by atoms with Gasteiger partial charge in [0.05, 0.1) is 19.1 Å². The lowest BCUT2D eigenvalue weighted by atomic mass is 9.72. The first-order chi connectivity index (χ1) is 16.2. The number of tetrazole rings is 1. The summed E-state index contributed by atoms with van der Waals surface area (Å²) in [5.74, 6) is 3.14. The van der Waals surface area contributed by atoms with Crippen LogP contribution in [-0.4, -0.2) is 40.7 Å². The molecule has 0 saturated carbocycles.